The quantitative estimate of drug-likeness (QED) is 0.599. The van der Waals surface area contributed by atoms with Gasteiger partial charge in [-0.15, -0.1) is 24.2 Å². The van der Waals surface area contributed by atoms with Crippen molar-refractivity contribution in [3.63, 3.8) is 0 Å². The monoisotopic (exact) mass is 419 g/mol. The predicted molar refractivity (Wildman–Crippen MR) is 118 cm³/mol. The summed E-state index contributed by atoms with van der Waals surface area (Å²) in [7, 11) is 0. The lowest BCUT2D eigenvalue weighted by Crippen LogP contribution is -2.37. The minimum absolute atomic E-state index is 0. The number of anilines is 1. The van der Waals surface area contributed by atoms with E-state index in [2.05, 4.69) is 16.0 Å². The molecule has 2 aromatic rings. The Kier molecular flexibility index (Phi) is 8.83. The van der Waals surface area contributed by atoms with Crippen molar-refractivity contribution in [3.05, 3.63) is 59.7 Å². The van der Waals surface area contributed by atoms with Crippen molar-refractivity contribution < 1.29 is 9.59 Å². The van der Waals surface area contributed by atoms with Gasteiger partial charge in [-0.05, 0) is 50.6 Å². The first-order chi connectivity index (χ1) is 13.1. The summed E-state index contributed by atoms with van der Waals surface area (Å²) in [5.41, 5.74) is 2.54. The molecule has 1 aliphatic heterocycles. The molecule has 1 unspecified atom stereocenters. The molecule has 0 bridgehead atoms. The first-order valence-corrected chi connectivity index (χ1v) is 10.2. The second-order valence-electron chi connectivity index (χ2n) is 6.70. The highest BCUT2D eigenvalue weighted by Crippen LogP contribution is 2.23. The lowest BCUT2D eigenvalue weighted by molar-refractivity contribution is -0.113. The molecule has 1 atom stereocenters. The van der Waals surface area contributed by atoms with Gasteiger partial charge in [0.25, 0.3) is 5.91 Å². The minimum atomic E-state index is -0.0919. The van der Waals surface area contributed by atoms with Crippen LogP contribution in [-0.2, 0) is 4.79 Å². The third-order valence-electron chi connectivity index (χ3n) is 4.50. The molecule has 150 valence electrons. The summed E-state index contributed by atoms with van der Waals surface area (Å²) in [5.74, 6) is 0.0717. The van der Waals surface area contributed by atoms with Gasteiger partial charge in [0.15, 0.2) is 0 Å². The number of hydrogen-bond donors (Lipinski definition) is 3. The van der Waals surface area contributed by atoms with Crippen LogP contribution in [-0.4, -0.2) is 36.7 Å². The smallest absolute Gasteiger partial charge is 0.252 e. The summed E-state index contributed by atoms with van der Waals surface area (Å²) in [5, 5.41) is 9.25. The fraction of sp³-hybridized carbons (Fsp3) is 0.333. The van der Waals surface area contributed by atoms with E-state index in [1.807, 2.05) is 49.4 Å². The highest BCUT2D eigenvalue weighted by atomic mass is 35.5. The second kappa shape index (κ2) is 11.1. The Morgan fingerprint density at radius 1 is 1.14 bits per heavy atom. The summed E-state index contributed by atoms with van der Waals surface area (Å²) >= 11 is 1.38. The zero-order chi connectivity index (χ0) is 19.1. The standard InChI is InChI=1S/C21H25N3O2S.ClH/c1-15-8-10-16(11-9-15)24-20(25)14-27-19-7-3-2-6-18(19)21(26)23-13-17-5-4-12-22-17;/h2-3,6-11,17,22H,4-5,12-14H2,1H3,(H,23,26)(H,24,25);1H. The molecule has 0 saturated carbocycles. The lowest BCUT2D eigenvalue weighted by Gasteiger charge is -2.13. The molecule has 1 fully saturated rings. The second-order valence-corrected chi connectivity index (χ2v) is 7.72. The van der Waals surface area contributed by atoms with Crippen molar-refractivity contribution >= 4 is 41.7 Å². The fourth-order valence-electron chi connectivity index (χ4n) is 3.00. The van der Waals surface area contributed by atoms with E-state index in [9.17, 15) is 9.59 Å². The van der Waals surface area contributed by atoms with Crippen LogP contribution in [0.5, 0.6) is 0 Å². The van der Waals surface area contributed by atoms with Crippen molar-refractivity contribution in [1.82, 2.24) is 10.6 Å². The number of thioether (sulfide) groups is 1. The van der Waals surface area contributed by atoms with Gasteiger partial charge < -0.3 is 16.0 Å². The third-order valence-corrected chi connectivity index (χ3v) is 5.57. The maximum atomic E-state index is 12.5. The Morgan fingerprint density at radius 2 is 1.89 bits per heavy atom. The van der Waals surface area contributed by atoms with Gasteiger partial charge in [0, 0.05) is 23.2 Å². The molecule has 1 saturated heterocycles. The van der Waals surface area contributed by atoms with Crippen molar-refractivity contribution in [1.29, 1.82) is 0 Å². The maximum absolute atomic E-state index is 12.5. The molecule has 2 amide bonds. The maximum Gasteiger partial charge on any atom is 0.252 e. The third kappa shape index (κ3) is 6.55. The van der Waals surface area contributed by atoms with Crippen LogP contribution in [0.15, 0.2) is 53.4 Å². The van der Waals surface area contributed by atoms with Crippen molar-refractivity contribution in [2.24, 2.45) is 0 Å². The van der Waals surface area contributed by atoms with E-state index in [0.29, 0.717) is 18.2 Å². The van der Waals surface area contributed by atoms with E-state index in [-0.39, 0.29) is 30.0 Å². The van der Waals surface area contributed by atoms with E-state index in [1.165, 1.54) is 11.8 Å². The molecule has 28 heavy (non-hydrogen) atoms. The first kappa shape index (κ1) is 22.3. The van der Waals surface area contributed by atoms with Gasteiger partial charge in [-0.2, -0.15) is 0 Å². The number of aryl methyl sites for hydroxylation is 1. The van der Waals surface area contributed by atoms with Crippen LogP contribution in [0.3, 0.4) is 0 Å². The topological polar surface area (TPSA) is 70.2 Å². The van der Waals surface area contributed by atoms with Gasteiger partial charge in [-0.1, -0.05) is 29.8 Å². The summed E-state index contributed by atoms with van der Waals surface area (Å²) in [6.45, 7) is 3.65. The molecule has 5 nitrogen and oxygen atoms in total. The Labute approximate surface area is 176 Å². The van der Waals surface area contributed by atoms with Crippen LogP contribution >= 0.6 is 24.2 Å². The highest BCUT2D eigenvalue weighted by molar-refractivity contribution is 8.00. The Hall–Kier alpha value is -2.02. The van der Waals surface area contributed by atoms with Gasteiger partial charge in [-0.3, -0.25) is 9.59 Å². The summed E-state index contributed by atoms with van der Waals surface area (Å²) < 4.78 is 0. The van der Waals surface area contributed by atoms with Crippen LogP contribution in [0.25, 0.3) is 0 Å². The van der Waals surface area contributed by atoms with E-state index in [4.69, 9.17) is 0 Å². The number of halogens is 1. The van der Waals surface area contributed by atoms with Gasteiger partial charge in [-0.25, -0.2) is 0 Å². The zero-order valence-electron chi connectivity index (χ0n) is 15.9. The zero-order valence-corrected chi connectivity index (χ0v) is 17.5. The molecule has 2 aromatic carbocycles. The Balaban J connectivity index is 0.00000280. The highest BCUT2D eigenvalue weighted by Gasteiger charge is 2.17. The number of rotatable bonds is 7. The van der Waals surface area contributed by atoms with Crippen LogP contribution < -0.4 is 16.0 Å². The Bertz CT molecular complexity index is 792. The lowest BCUT2D eigenvalue weighted by atomic mass is 10.2. The molecule has 0 aromatic heterocycles. The van der Waals surface area contributed by atoms with Crippen molar-refractivity contribution in [3.8, 4) is 0 Å². The number of carbonyl (C=O) groups is 2. The van der Waals surface area contributed by atoms with E-state index >= 15 is 0 Å². The van der Waals surface area contributed by atoms with E-state index < -0.39 is 0 Å². The van der Waals surface area contributed by atoms with Gasteiger partial charge in [0.2, 0.25) is 5.91 Å². The minimum Gasteiger partial charge on any atom is -0.350 e. The molecule has 0 aliphatic carbocycles. The largest absolute Gasteiger partial charge is 0.350 e. The van der Waals surface area contributed by atoms with Crippen LogP contribution in [0.2, 0.25) is 0 Å². The molecule has 3 rings (SSSR count). The molecular weight excluding hydrogens is 394 g/mol. The number of benzene rings is 2. The SMILES string of the molecule is Cc1ccc(NC(=O)CSc2ccccc2C(=O)NCC2CCCN2)cc1.Cl. The predicted octanol–water partition coefficient (Wildman–Crippen LogP) is 3.63. The van der Waals surface area contributed by atoms with Crippen molar-refractivity contribution in [2.45, 2.75) is 30.7 Å². The van der Waals surface area contributed by atoms with Crippen LogP contribution in [0.1, 0.15) is 28.8 Å². The first-order valence-electron chi connectivity index (χ1n) is 9.22. The van der Waals surface area contributed by atoms with Gasteiger partial charge in [0.1, 0.15) is 0 Å². The average molecular weight is 420 g/mol. The summed E-state index contributed by atoms with van der Waals surface area (Å²) in [6, 6.07) is 15.5. The molecule has 0 radical (unpaired) electrons. The summed E-state index contributed by atoms with van der Waals surface area (Å²) in [6.07, 6.45) is 2.25. The molecule has 3 N–H and O–H groups in total. The molecule has 0 spiro atoms. The van der Waals surface area contributed by atoms with E-state index in [1.54, 1.807) is 6.07 Å². The average Bonchev–Trinajstić information content (AvgIpc) is 3.20. The molecule has 7 heteroatoms. The fourth-order valence-corrected chi connectivity index (χ4v) is 3.85. The Morgan fingerprint density at radius 3 is 2.61 bits per heavy atom. The van der Waals surface area contributed by atoms with Gasteiger partial charge >= 0.3 is 0 Å². The molecular formula is C21H26ClN3O2S. The molecule has 1 aliphatic rings. The normalized spacial score (nSPS) is 15.5. The summed E-state index contributed by atoms with van der Waals surface area (Å²) in [4.78, 5) is 25.6. The number of hydrogen-bond acceptors (Lipinski definition) is 4. The molecule has 1 heterocycles. The number of amides is 2. The van der Waals surface area contributed by atoms with Crippen LogP contribution in [0.4, 0.5) is 5.69 Å². The number of carbonyl (C=O) groups excluding carboxylic acids is 2. The number of nitrogens with one attached hydrogen (secondary N) is 3. The van der Waals surface area contributed by atoms with Crippen LogP contribution in [0, 0.1) is 6.92 Å². The van der Waals surface area contributed by atoms with Gasteiger partial charge in [0.05, 0.1) is 11.3 Å². The van der Waals surface area contributed by atoms with Crippen molar-refractivity contribution in [2.75, 3.05) is 24.2 Å². The van der Waals surface area contributed by atoms with E-state index in [0.717, 1.165) is 35.5 Å².